The van der Waals surface area contributed by atoms with Gasteiger partial charge in [-0.15, -0.1) is 0 Å². The largest absolute Gasteiger partial charge is 0.468 e. The number of carbonyl (C=O) groups excluding carboxylic acids is 1. The van der Waals surface area contributed by atoms with E-state index in [-0.39, 0.29) is 11.9 Å². The van der Waals surface area contributed by atoms with E-state index in [1.807, 2.05) is 12.1 Å². The molecule has 1 aliphatic rings. The van der Waals surface area contributed by atoms with Gasteiger partial charge in [0.2, 0.25) is 0 Å². The first-order valence-corrected chi connectivity index (χ1v) is 9.41. The Balaban J connectivity index is 1.70. The Kier molecular flexibility index (Phi) is 6.40. The van der Waals surface area contributed by atoms with Crippen LogP contribution in [0.15, 0.2) is 41.0 Å². The van der Waals surface area contributed by atoms with E-state index in [4.69, 9.17) is 27.6 Å². The Bertz CT molecular complexity index is 695. The number of nitrogens with zero attached hydrogens (tertiary/aromatic N) is 1. The van der Waals surface area contributed by atoms with Crippen LogP contribution in [0.2, 0.25) is 10.0 Å². The normalized spacial score (nSPS) is 17.0. The van der Waals surface area contributed by atoms with Crippen LogP contribution in [0, 0.1) is 0 Å². The Hall–Kier alpha value is -1.49. The number of amides is 1. The lowest BCUT2D eigenvalue weighted by Crippen LogP contribution is -2.38. The van der Waals surface area contributed by atoms with Crippen molar-refractivity contribution in [2.45, 2.75) is 31.7 Å². The summed E-state index contributed by atoms with van der Waals surface area (Å²) in [6.07, 6.45) is 6.54. The zero-order valence-corrected chi connectivity index (χ0v) is 15.5. The molecule has 1 aromatic carbocycles. The number of furan rings is 1. The molecular formula is C19H22Cl2N2O2. The van der Waals surface area contributed by atoms with E-state index in [9.17, 15) is 4.79 Å². The number of halogens is 2. The molecule has 1 aromatic heterocycles. The van der Waals surface area contributed by atoms with Crippen LogP contribution in [0.25, 0.3) is 0 Å². The first kappa shape index (κ1) is 18.3. The number of carbonyl (C=O) groups is 1. The van der Waals surface area contributed by atoms with Gasteiger partial charge >= 0.3 is 0 Å². The van der Waals surface area contributed by atoms with Crippen LogP contribution < -0.4 is 5.32 Å². The van der Waals surface area contributed by atoms with Crippen molar-refractivity contribution in [3.63, 3.8) is 0 Å². The van der Waals surface area contributed by atoms with Crippen molar-refractivity contribution in [1.82, 2.24) is 10.2 Å². The summed E-state index contributed by atoms with van der Waals surface area (Å²) in [5, 5.41) is 3.87. The van der Waals surface area contributed by atoms with Crippen molar-refractivity contribution in [2.24, 2.45) is 0 Å². The van der Waals surface area contributed by atoms with Crippen LogP contribution in [0.3, 0.4) is 0 Å². The summed E-state index contributed by atoms with van der Waals surface area (Å²) in [5.41, 5.74) is 0.431. The highest BCUT2D eigenvalue weighted by Gasteiger charge is 2.24. The summed E-state index contributed by atoms with van der Waals surface area (Å²) in [6, 6.07) is 8.78. The first-order valence-electron chi connectivity index (χ1n) is 8.66. The summed E-state index contributed by atoms with van der Waals surface area (Å²) < 4.78 is 5.63. The number of hydrogen-bond donors (Lipinski definition) is 1. The summed E-state index contributed by atoms with van der Waals surface area (Å²) >= 11 is 12.0. The highest BCUT2D eigenvalue weighted by Crippen LogP contribution is 2.25. The number of rotatable bonds is 5. The van der Waals surface area contributed by atoms with Crippen LogP contribution in [-0.4, -0.2) is 30.4 Å². The maximum absolute atomic E-state index is 12.5. The first-order chi connectivity index (χ1) is 12.1. The molecule has 1 unspecified atom stereocenters. The van der Waals surface area contributed by atoms with E-state index in [2.05, 4.69) is 10.2 Å². The molecule has 134 valence electrons. The van der Waals surface area contributed by atoms with Gasteiger partial charge in [0, 0.05) is 11.6 Å². The predicted octanol–water partition coefficient (Wildman–Crippen LogP) is 4.93. The molecule has 0 bridgehead atoms. The molecule has 0 saturated carbocycles. The molecule has 2 aromatic rings. The van der Waals surface area contributed by atoms with Gasteiger partial charge < -0.3 is 9.73 Å². The molecule has 2 heterocycles. The third-order valence-corrected chi connectivity index (χ3v) is 5.13. The second kappa shape index (κ2) is 8.75. The van der Waals surface area contributed by atoms with Gasteiger partial charge in [0.25, 0.3) is 5.91 Å². The molecule has 1 saturated heterocycles. The highest BCUT2D eigenvalue weighted by atomic mass is 35.5. The smallest absolute Gasteiger partial charge is 0.252 e. The number of benzene rings is 1. The van der Waals surface area contributed by atoms with Gasteiger partial charge in [-0.25, -0.2) is 0 Å². The van der Waals surface area contributed by atoms with Gasteiger partial charge in [-0.05, 0) is 56.3 Å². The Morgan fingerprint density at radius 2 is 1.92 bits per heavy atom. The minimum Gasteiger partial charge on any atom is -0.468 e. The summed E-state index contributed by atoms with van der Waals surface area (Å²) in [4.78, 5) is 14.9. The average molecular weight is 381 g/mol. The van der Waals surface area contributed by atoms with E-state index in [1.165, 1.54) is 25.7 Å². The average Bonchev–Trinajstić information content (AvgIpc) is 2.98. The molecule has 0 radical (unpaired) electrons. The Morgan fingerprint density at radius 3 is 2.56 bits per heavy atom. The fourth-order valence-electron chi connectivity index (χ4n) is 3.26. The van der Waals surface area contributed by atoms with E-state index in [1.54, 1.807) is 24.5 Å². The molecule has 4 nitrogen and oxygen atoms in total. The molecular weight excluding hydrogens is 359 g/mol. The van der Waals surface area contributed by atoms with Crippen molar-refractivity contribution in [3.8, 4) is 0 Å². The van der Waals surface area contributed by atoms with E-state index in [0.29, 0.717) is 22.2 Å². The fraction of sp³-hybridized carbons (Fsp3) is 0.421. The minimum atomic E-state index is -0.201. The Morgan fingerprint density at radius 1 is 1.16 bits per heavy atom. The van der Waals surface area contributed by atoms with Gasteiger partial charge in [0.15, 0.2) is 0 Å². The summed E-state index contributed by atoms with van der Waals surface area (Å²) in [5.74, 6) is 0.678. The Labute approximate surface area is 158 Å². The maximum Gasteiger partial charge on any atom is 0.252 e. The molecule has 1 fully saturated rings. The molecule has 1 N–H and O–H groups in total. The quantitative estimate of drug-likeness (QED) is 0.799. The summed E-state index contributed by atoms with van der Waals surface area (Å²) in [6.45, 7) is 2.51. The van der Waals surface area contributed by atoms with Gasteiger partial charge in [0.05, 0.1) is 22.9 Å². The lowest BCUT2D eigenvalue weighted by Gasteiger charge is -2.29. The lowest BCUT2D eigenvalue weighted by atomic mass is 10.1. The van der Waals surface area contributed by atoms with Crippen LogP contribution in [0.4, 0.5) is 0 Å². The second-order valence-corrected chi connectivity index (χ2v) is 7.16. The zero-order valence-electron chi connectivity index (χ0n) is 14.0. The van der Waals surface area contributed by atoms with E-state index in [0.717, 1.165) is 18.8 Å². The molecule has 3 rings (SSSR count). The second-order valence-electron chi connectivity index (χ2n) is 6.32. The van der Waals surface area contributed by atoms with Gasteiger partial charge in [-0.3, -0.25) is 9.69 Å². The third kappa shape index (κ3) is 4.78. The molecule has 0 spiro atoms. The van der Waals surface area contributed by atoms with E-state index >= 15 is 0 Å². The number of likely N-dealkylation sites (tertiary alicyclic amines) is 1. The highest BCUT2D eigenvalue weighted by molar-refractivity contribution is 6.36. The standard InChI is InChI=1S/C19H22Cl2N2O2/c20-14-7-8-15(16(21)12-14)19(24)22-13-17(18-6-5-11-25-18)23-9-3-1-2-4-10-23/h5-8,11-12,17H,1-4,9-10,13H2,(H,22,24). The molecule has 0 aliphatic carbocycles. The van der Waals surface area contributed by atoms with Gasteiger partial charge in [-0.2, -0.15) is 0 Å². The van der Waals surface area contributed by atoms with Crippen molar-refractivity contribution in [2.75, 3.05) is 19.6 Å². The van der Waals surface area contributed by atoms with Crippen LogP contribution in [0.1, 0.15) is 47.8 Å². The summed E-state index contributed by atoms with van der Waals surface area (Å²) in [7, 11) is 0. The topological polar surface area (TPSA) is 45.5 Å². The van der Waals surface area contributed by atoms with Crippen LogP contribution >= 0.6 is 23.2 Å². The van der Waals surface area contributed by atoms with Crippen molar-refractivity contribution >= 4 is 29.1 Å². The molecule has 1 amide bonds. The molecule has 6 heteroatoms. The predicted molar refractivity (Wildman–Crippen MR) is 100 cm³/mol. The van der Waals surface area contributed by atoms with Gasteiger partial charge in [-0.1, -0.05) is 36.0 Å². The SMILES string of the molecule is O=C(NCC(c1ccco1)N1CCCCCC1)c1ccc(Cl)cc1Cl. The fourth-order valence-corrected chi connectivity index (χ4v) is 3.75. The molecule has 25 heavy (non-hydrogen) atoms. The minimum absolute atomic E-state index is 0.0307. The van der Waals surface area contributed by atoms with Gasteiger partial charge in [0.1, 0.15) is 5.76 Å². The van der Waals surface area contributed by atoms with Crippen LogP contribution in [-0.2, 0) is 0 Å². The lowest BCUT2D eigenvalue weighted by molar-refractivity contribution is 0.0927. The zero-order chi connectivity index (χ0) is 17.6. The number of hydrogen-bond acceptors (Lipinski definition) is 3. The maximum atomic E-state index is 12.5. The van der Waals surface area contributed by atoms with Crippen molar-refractivity contribution in [1.29, 1.82) is 0 Å². The number of nitrogens with one attached hydrogen (secondary N) is 1. The van der Waals surface area contributed by atoms with E-state index < -0.39 is 0 Å². The van der Waals surface area contributed by atoms with Crippen molar-refractivity contribution < 1.29 is 9.21 Å². The van der Waals surface area contributed by atoms with Crippen LogP contribution in [0.5, 0.6) is 0 Å². The van der Waals surface area contributed by atoms with Crippen molar-refractivity contribution in [3.05, 3.63) is 58.0 Å². The monoisotopic (exact) mass is 380 g/mol. The third-order valence-electron chi connectivity index (χ3n) is 4.58. The molecule has 1 atom stereocenters. The molecule has 1 aliphatic heterocycles.